The van der Waals surface area contributed by atoms with Crippen LogP contribution in [0.2, 0.25) is 0 Å². The summed E-state index contributed by atoms with van der Waals surface area (Å²) in [5.74, 6) is 0. The van der Waals surface area contributed by atoms with E-state index >= 15 is 0 Å². The average molecular weight is 242 g/mol. The highest BCUT2D eigenvalue weighted by atomic mass is 19.4. The molecule has 0 saturated heterocycles. The maximum Gasteiger partial charge on any atom is 0.401 e. The number of nitrogens with one attached hydrogen (secondary N) is 1. The molecule has 0 bridgehead atoms. The molecule has 0 saturated carbocycles. The minimum absolute atomic E-state index is 0.263. The van der Waals surface area contributed by atoms with Crippen LogP contribution in [0.3, 0.4) is 0 Å². The van der Waals surface area contributed by atoms with Crippen molar-refractivity contribution < 1.29 is 17.9 Å². The summed E-state index contributed by atoms with van der Waals surface area (Å²) < 4.78 is 40.8. The first kappa shape index (κ1) is 15.7. The van der Waals surface area contributed by atoms with E-state index in [2.05, 4.69) is 5.32 Å². The molecule has 0 fully saturated rings. The van der Waals surface area contributed by atoms with Crippen molar-refractivity contribution in [2.45, 2.75) is 25.6 Å². The Morgan fingerprint density at radius 2 is 2.00 bits per heavy atom. The number of methoxy groups -OCH3 is 1. The maximum atomic E-state index is 12.0. The van der Waals surface area contributed by atoms with Crippen molar-refractivity contribution in [1.82, 2.24) is 10.2 Å². The molecule has 0 aliphatic heterocycles. The highest BCUT2D eigenvalue weighted by Gasteiger charge is 2.28. The van der Waals surface area contributed by atoms with Gasteiger partial charge in [-0.05, 0) is 20.4 Å². The van der Waals surface area contributed by atoms with Crippen molar-refractivity contribution in [1.29, 1.82) is 0 Å². The van der Waals surface area contributed by atoms with E-state index in [0.717, 1.165) is 6.42 Å². The first-order chi connectivity index (χ1) is 7.35. The summed E-state index contributed by atoms with van der Waals surface area (Å²) in [6, 6.07) is 0.263. The maximum absolute atomic E-state index is 12.0. The second kappa shape index (κ2) is 7.86. The van der Waals surface area contributed by atoms with Gasteiger partial charge in [0.15, 0.2) is 0 Å². The third kappa shape index (κ3) is 10.2. The van der Waals surface area contributed by atoms with Gasteiger partial charge in [0.1, 0.15) is 0 Å². The van der Waals surface area contributed by atoms with Crippen LogP contribution >= 0.6 is 0 Å². The number of hydrogen-bond donors (Lipinski definition) is 1. The van der Waals surface area contributed by atoms with E-state index in [4.69, 9.17) is 4.74 Å². The highest BCUT2D eigenvalue weighted by molar-refractivity contribution is 4.64. The number of ether oxygens (including phenoxy) is 1. The van der Waals surface area contributed by atoms with E-state index in [-0.39, 0.29) is 6.04 Å². The van der Waals surface area contributed by atoms with Gasteiger partial charge >= 0.3 is 6.18 Å². The molecule has 0 spiro atoms. The normalized spacial score (nSPS) is 14.4. The van der Waals surface area contributed by atoms with Gasteiger partial charge < -0.3 is 10.1 Å². The topological polar surface area (TPSA) is 24.5 Å². The number of hydrogen-bond acceptors (Lipinski definition) is 3. The Hall–Kier alpha value is -0.330. The second-order valence-electron chi connectivity index (χ2n) is 3.99. The molecule has 0 amide bonds. The van der Waals surface area contributed by atoms with Crippen LogP contribution in [0, 0.1) is 0 Å². The molecule has 6 heteroatoms. The van der Waals surface area contributed by atoms with Gasteiger partial charge in [0, 0.05) is 32.8 Å². The summed E-state index contributed by atoms with van der Waals surface area (Å²) in [5.41, 5.74) is 0. The lowest BCUT2D eigenvalue weighted by Crippen LogP contribution is -2.38. The third-order valence-electron chi connectivity index (χ3n) is 2.19. The Morgan fingerprint density at radius 1 is 1.38 bits per heavy atom. The molecule has 1 unspecified atom stereocenters. The van der Waals surface area contributed by atoms with E-state index in [0.29, 0.717) is 19.7 Å². The molecule has 0 aromatic rings. The zero-order chi connectivity index (χ0) is 12.6. The summed E-state index contributed by atoms with van der Waals surface area (Å²) in [4.78, 5) is 1.26. The van der Waals surface area contributed by atoms with Crippen molar-refractivity contribution >= 4 is 0 Å². The second-order valence-corrected chi connectivity index (χ2v) is 3.99. The monoisotopic (exact) mass is 242 g/mol. The highest BCUT2D eigenvalue weighted by Crippen LogP contribution is 2.14. The molecule has 16 heavy (non-hydrogen) atoms. The van der Waals surface area contributed by atoms with E-state index in [1.54, 1.807) is 7.11 Å². The Kier molecular flexibility index (Phi) is 7.70. The van der Waals surface area contributed by atoms with E-state index in [1.807, 2.05) is 6.92 Å². The van der Waals surface area contributed by atoms with Crippen LogP contribution in [-0.2, 0) is 4.74 Å². The lowest BCUT2D eigenvalue weighted by Gasteiger charge is -2.20. The fourth-order valence-electron chi connectivity index (χ4n) is 1.28. The fraction of sp³-hybridized carbons (Fsp3) is 1.00. The summed E-state index contributed by atoms with van der Waals surface area (Å²) in [7, 11) is 3.10. The molecular formula is C10H21F3N2O. The average Bonchev–Trinajstić information content (AvgIpc) is 2.11. The first-order valence-electron chi connectivity index (χ1n) is 5.32. The summed E-state index contributed by atoms with van der Waals surface area (Å²) in [6.45, 7) is 2.73. The van der Waals surface area contributed by atoms with Gasteiger partial charge in [-0.2, -0.15) is 13.2 Å². The van der Waals surface area contributed by atoms with Gasteiger partial charge in [0.2, 0.25) is 0 Å². The zero-order valence-corrected chi connectivity index (χ0v) is 10.1. The van der Waals surface area contributed by atoms with Crippen LogP contribution < -0.4 is 5.32 Å². The minimum Gasteiger partial charge on any atom is -0.385 e. The van der Waals surface area contributed by atoms with Crippen molar-refractivity contribution in [3.05, 3.63) is 0 Å². The molecule has 1 N–H and O–H groups in total. The van der Waals surface area contributed by atoms with E-state index in [1.165, 1.54) is 11.9 Å². The summed E-state index contributed by atoms with van der Waals surface area (Å²) >= 11 is 0. The van der Waals surface area contributed by atoms with Crippen LogP contribution in [0.4, 0.5) is 13.2 Å². The molecule has 0 aromatic heterocycles. The van der Waals surface area contributed by atoms with Crippen LogP contribution in [0.5, 0.6) is 0 Å². The van der Waals surface area contributed by atoms with Crippen molar-refractivity contribution in [2.24, 2.45) is 0 Å². The van der Waals surface area contributed by atoms with Gasteiger partial charge in [-0.15, -0.1) is 0 Å². The Labute approximate surface area is 94.9 Å². The van der Waals surface area contributed by atoms with Crippen LogP contribution in [0.1, 0.15) is 13.3 Å². The van der Waals surface area contributed by atoms with Crippen LogP contribution in [0.25, 0.3) is 0 Å². The minimum atomic E-state index is -4.11. The molecule has 0 aliphatic rings. The molecule has 0 radical (unpaired) electrons. The molecule has 1 atom stereocenters. The van der Waals surface area contributed by atoms with Gasteiger partial charge in [0.05, 0.1) is 6.54 Å². The molecule has 3 nitrogen and oxygen atoms in total. The molecule has 0 aliphatic carbocycles. The number of alkyl halides is 3. The SMILES string of the molecule is COCCC(C)NCCN(C)CC(F)(F)F. The number of halogens is 3. The fourth-order valence-corrected chi connectivity index (χ4v) is 1.28. The molecule has 0 rings (SSSR count). The predicted molar refractivity (Wildman–Crippen MR) is 57.5 cm³/mol. The first-order valence-corrected chi connectivity index (χ1v) is 5.32. The Morgan fingerprint density at radius 3 is 2.50 bits per heavy atom. The smallest absolute Gasteiger partial charge is 0.385 e. The lowest BCUT2D eigenvalue weighted by atomic mass is 10.2. The standard InChI is InChI=1S/C10H21F3N2O/c1-9(4-7-16-3)14-5-6-15(2)8-10(11,12)13/h9,14H,4-8H2,1-3H3. The van der Waals surface area contributed by atoms with Gasteiger partial charge in [-0.3, -0.25) is 4.90 Å². The molecule has 0 heterocycles. The largest absolute Gasteiger partial charge is 0.401 e. The summed E-state index contributed by atoms with van der Waals surface area (Å²) in [5, 5.41) is 3.15. The Bertz CT molecular complexity index is 176. The zero-order valence-electron chi connectivity index (χ0n) is 10.1. The Balaban J connectivity index is 3.50. The molecular weight excluding hydrogens is 221 g/mol. The number of likely N-dealkylation sites (N-methyl/N-ethyl adjacent to an activating group) is 1. The van der Waals surface area contributed by atoms with Crippen LogP contribution in [0.15, 0.2) is 0 Å². The van der Waals surface area contributed by atoms with Gasteiger partial charge in [0.25, 0.3) is 0 Å². The van der Waals surface area contributed by atoms with Crippen molar-refractivity contribution in [3.63, 3.8) is 0 Å². The van der Waals surface area contributed by atoms with Crippen LogP contribution in [-0.4, -0.2) is 57.5 Å². The van der Waals surface area contributed by atoms with Gasteiger partial charge in [-0.1, -0.05) is 0 Å². The number of rotatable bonds is 8. The quantitative estimate of drug-likeness (QED) is 0.698. The third-order valence-corrected chi connectivity index (χ3v) is 2.19. The van der Waals surface area contributed by atoms with E-state index in [9.17, 15) is 13.2 Å². The molecule has 98 valence electrons. The van der Waals surface area contributed by atoms with E-state index < -0.39 is 12.7 Å². The van der Waals surface area contributed by atoms with Crippen molar-refractivity contribution in [3.8, 4) is 0 Å². The predicted octanol–water partition coefficient (Wildman–Crippen LogP) is 1.50. The number of nitrogens with zero attached hydrogens (tertiary/aromatic N) is 1. The molecule has 0 aromatic carbocycles. The summed E-state index contributed by atoms with van der Waals surface area (Å²) in [6.07, 6.45) is -3.25. The van der Waals surface area contributed by atoms with Gasteiger partial charge in [-0.25, -0.2) is 0 Å². The lowest BCUT2D eigenvalue weighted by molar-refractivity contribution is -0.142. The van der Waals surface area contributed by atoms with Crippen molar-refractivity contribution in [2.75, 3.05) is 40.4 Å².